The van der Waals surface area contributed by atoms with Gasteiger partial charge in [0.1, 0.15) is 0 Å². The highest BCUT2D eigenvalue weighted by atomic mass is 35.5. The second kappa shape index (κ2) is 6.37. The molecular formula is C13H15Cl2N3O. The lowest BCUT2D eigenvalue weighted by molar-refractivity contribution is 0.393. The molecule has 0 radical (unpaired) electrons. The number of hydrogen-bond acceptors (Lipinski definition) is 4. The molecule has 3 rings (SSSR count). The summed E-state index contributed by atoms with van der Waals surface area (Å²) in [5.41, 5.74) is 0.866. The Bertz CT molecular complexity index is 538. The van der Waals surface area contributed by atoms with E-state index in [1.54, 1.807) is 0 Å². The first kappa shape index (κ1) is 14.3. The lowest BCUT2D eigenvalue weighted by atomic mass is 9.99. The van der Waals surface area contributed by atoms with Crippen molar-refractivity contribution in [3.8, 4) is 11.5 Å². The molecular weight excluding hydrogens is 285 g/mol. The minimum Gasteiger partial charge on any atom is -0.334 e. The van der Waals surface area contributed by atoms with Crippen LogP contribution in [-0.2, 0) is 0 Å². The Morgan fingerprint density at radius 1 is 1.37 bits per heavy atom. The summed E-state index contributed by atoms with van der Waals surface area (Å²) in [6, 6.07) is 7.46. The lowest BCUT2D eigenvalue weighted by Crippen LogP contribution is -2.28. The van der Waals surface area contributed by atoms with Crippen LogP contribution in [0.1, 0.15) is 24.6 Å². The van der Waals surface area contributed by atoms with Crippen molar-refractivity contribution in [3.05, 3.63) is 35.1 Å². The maximum atomic E-state index is 5.95. The number of nitrogens with one attached hydrogen (secondary N) is 1. The fourth-order valence-electron chi connectivity index (χ4n) is 2.21. The zero-order valence-electron chi connectivity index (χ0n) is 10.3. The maximum Gasteiger partial charge on any atom is 0.257 e. The summed E-state index contributed by atoms with van der Waals surface area (Å²) in [5, 5.41) is 8.10. The van der Waals surface area contributed by atoms with Crippen molar-refractivity contribution < 1.29 is 4.52 Å². The van der Waals surface area contributed by atoms with Crippen LogP contribution >= 0.6 is 24.0 Å². The van der Waals surface area contributed by atoms with Gasteiger partial charge in [-0.25, -0.2) is 0 Å². The molecule has 19 heavy (non-hydrogen) atoms. The largest absolute Gasteiger partial charge is 0.334 e. The van der Waals surface area contributed by atoms with E-state index in [2.05, 4.69) is 15.5 Å². The van der Waals surface area contributed by atoms with Gasteiger partial charge in [-0.15, -0.1) is 12.4 Å². The van der Waals surface area contributed by atoms with Gasteiger partial charge in [-0.2, -0.15) is 4.98 Å². The van der Waals surface area contributed by atoms with Gasteiger partial charge in [0.2, 0.25) is 0 Å². The number of halogens is 2. The van der Waals surface area contributed by atoms with E-state index in [-0.39, 0.29) is 12.4 Å². The molecule has 6 heteroatoms. The van der Waals surface area contributed by atoms with Crippen LogP contribution in [0, 0.1) is 0 Å². The third kappa shape index (κ3) is 3.26. The molecule has 1 aromatic heterocycles. The molecule has 0 saturated carbocycles. The van der Waals surface area contributed by atoms with Crippen molar-refractivity contribution in [2.75, 3.05) is 13.1 Å². The third-order valence-corrected chi connectivity index (χ3v) is 3.41. The second-order valence-corrected chi connectivity index (χ2v) is 4.95. The zero-order valence-corrected chi connectivity index (χ0v) is 11.9. The molecule has 0 amide bonds. The normalized spacial score (nSPS) is 18.9. The standard InChI is InChI=1S/C13H14ClN3O.ClH/c14-11-5-1-3-9(7-11)13-16-12(17-18-13)10-4-2-6-15-8-10;/h1,3,5,7,10,15H,2,4,6,8H2;1H. The van der Waals surface area contributed by atoms with Gasteiger partial charge in [-0.3, -0.25) is 0 Å². The minimum atomic E-state index is 0. The average Bonchev–Trinajstić information content (AvgIpc) is 2.89. The van der Waals surface area contributed by atoms with Crippen molar-refractivity contribution in [3.63, 3.8) is 0 Å². The van der Waals surface area contributed by atoms with E-state index in [0.29, 0.717) is 16.8 Å². The SMILES string of the molecule is Cl.Clc1cccc(-c2nc(C3CCCNC3)no2)c1. The van der Waals surface area contributed by atoms with Crippen LogP contribution in [0.2, 0.25) is 5.02 Å². The molecule has 0 aliphatic carbocycles. The number of piperidine rings is 1. The topological polar surface area (TPSA) is 51.0 Å². The van der Waals surface area contributed by atoms with E-state index >= 15 is 0 Å². The zero-order chi connectivity index (χ0) is 12.4. The molecule has 102 valence electrons. The van der Waals surface area contributed by atoms with Crippen LogP contribution in [0.4, 0.5) is 0 Å². The van der Waals surface area contributed by atoms with Gasteiger partial charge in [0.05, 0.1) is 0 Å². The Labute approximate surface area is 122 Å². The highest BCUT2D eigenvalue weighted by molar-refractivity contribution is 6.30. The second-order valence-electron chi connectivity index (χ2n) is 4.51. The van der Waals surface area contributed by atoms with Gasteiger partial charge < -0.3 is 9.84 Å². The summed E-state index contributed by atoms with van der Waals surface area (Å²) in [7, 11) is 0. The molecule has 2 aromatic rings. The minimum absolute atomic E-state index is 0. The molecule has 0 spiro atoms. The van der Waals surface area contributed by atoms with Crippen molar-refractivity contribution in [1.29, 1.82) is 0 Å². The molecule has 4 nitrogen and oxygen atoms in total. The molecule has 2 heterocycles. The summed E-state index contributed by atoms with van der Waals surface area (Å²) in [6.07, 6.45) is 2.27. The quantitative estimate of drug-likeness (QED) is 0.924. The van der Waals surface area contributed by atoms with E-state index in [1.165, 1.54) is 0 Å². The summed E-state index contributed by atoms with van der Waals surface area (Å²) in [6.45, 7) is 2.00. The fraction of sp³-hybridized carbons (Fsp3) is 0.385. The first-order valence-electron chi connectivity index (χ1n) is 6.13. The smallest absolute Gasteiger partial charge is 0.257 e. The van der Waals surface area contributed by atoms with Crippen LogP contribution < -0.4 is 5.32 Å². The van der Waals surface area contributed by atoms with E-state index in [1.807, 2.05) is 24.3 Å². The average molecular weight is 300 g/mol. The Hall–Kier alpha value is -1.10. The predicted octanol–water partition coefficient (Wildman–Crippen LogP) is 3.28. The van der Waals surface area contributed by atoms with Crippen LogP contribution in [0.3, 0.4) is 0 Å². The van der Waals surface area contributed by atoms with E-state index in [0.717, 1.165) is 37.3 Å². The van der Waals surface area contributed by atoms with Crippen molar-refractivity contribution >= 4 is 24.0 Å². The summed E-state index contributed by atoms with van der Waals surface area (Å²) >= 11 is 5.95. The Kier molecular flexibility index (Phi) is 4.80. The molecule has 1 unspecified atom stereocenters. The lowest BCUT2D eigenvalue weighted by Gasteiger charge is -2.19. The van der Waals surface area contributed by atoms with E-state index in [4.69, 9.17) is 16.1 Å². The van der Waals surface area contributed by atoms with Gasteiger partial charge >= 0.3 is 0 Å². The molecule has 1 fully saturated rings. The monoisotopic (exact) mass is 299 g/mol. The summed E-state index contributed by atoms with van der Waals surface area (Å²) < 4.78 is 5.31. The van der Waals surface area contributed by atoms with Crippen molar-refractivity contribution in [1.82, 2.24) is 15.5 Å². The Morgan fingerprint density at radius 3 is 3.00 bits per heavy atom. The number of benzene rings is 1. The molecule has 1 atom stereocenters. The fourth-order valence-corrected chi connectivity index (χ4v) is 2.40. The van der Waals surface area contributed by atoms with E-state index in [9.17, 15) is 0 Å². The van der Waals surface area contributed by atoms with Gasteiger partial charge in [-0.1, -0.05) is 22.8 Å². The van der Waals surface area contributed by atoms with Crippen LogP contribution in [0.15, 0.2) is 28.8 Å². The molecule has 1 aromatic carbocycles. The van der Waals surface area contributed by atoms with Crippen LogP contribution in [0.25, 0.3) is 11.5 Å². The van der Waals surface area contributed by atoms with Gasteiger partial charge in [-0.05, 0) is 37.6 Å². The first-order valence-corrected chi connectivity index (χ1v) is 6.51. The first-order chi connectivity index (χ1) is 8.83. The predicted molar refractivity (Wildman–Crippen MR) is 76.8 cm³/mol. The molecule has 1 saturated heterocycles. The Morgan fingerprint density at radius 2 is 2.26 bits per heavy atom. The van der Waals surface area contributed by atoms with Crippen molar-refractivity contribution in [2.24, 2.45) is 0 Å². The maximum absolute atomic E-state index is 5.95. The number of rotatable bonds is 2. The molecule has 0 bridgehead atoms. The van der Waals surface area contributed by atoms with Crippen molar-refractivity contribution in [2.45, 2.75) is 18.8 Å². The van der Waals surface area contributed by atoms with Gasteiger partial charge in [0, 0.05) is 23.0 Å². The highest BCUT2D eigenvalue weighted by Gasteiger charge is 2.21. The molecule has 1 aliphatic heterocycles. The summed E-state index contributed by atoms with van der Waals surface area (Å²) in [4.78, 5) is 4.47. The van der Waals surface area contributed by atoms with Crippen LogP contribution in [-0.4, -0.2) is 23.2 Å². The molecule has 1 N–H and O–H groups in total. The number of nitrogens with zero attached hydrogens (tertiary/aromatic N) is 2. The third-order valence-electron chi connectivity index (χ3n) is 3.18. The van der Waals surface area contributed by atoms with Crippen LogP contribution in [0.5, 0.6) is 0 Å². The number of aromatic nitrogens is 2. The summed E-state index contributed by atoms with van der Waals surface area (Å²) in [5.74, 6) is 1.69. The van der Waals surface area contributed by atoms with Gasteiger partial charge in [0.15, 0.2) is 5.82 Å². The van der Waals surface area contributed by atoms with Gasteiger partial charge in [0.25, 0.3) is 5.89 Å². The highest BCUT2D eigenvalue weighted by Crippen LogP contribution is 2.25. The number of hydrogen-bond donors (Lipinski definition) is 1. The van der Waals surface area contributed by atoms with E-state index < -0.39 is 0 Å². The Balaban J connectivity index is 0.00000133. The molecule has 1 aliphatic rings.